The minimum atomic E-state index is -0.520. The lowest BCUT2D eigenvalue weighted by atomic mass is 9.99. The van der Waals surface area contributed by atoms with Crippen molar-refractivity contribution in [3.05, 3.63) is 29.0 Å². The summed E-state index contributed by atoms with van der Waals surface area (Å²) in [6.45, 7) is 1.17. The van der Waals surface area contributed by atoms with Crippen molar-refractivity contribution in [1.82, 2.24) is 4.90 Å². The van der Waals surface area contributed by atoms with E-state index in [2.05, 4.69) is 5.32 Å². The number of nitrogens with zero attached hydrogens (tertiary/aromatic N) is 1. The van der Waals surface area contributed by atoms with E-state index in [-0.39, 0.29) is 24.2 Å². The van der Waals surface area contributed by atoms with Gasteiger partial charge in [-0.3, -0.25) is 0 Å². The number of aliphatic hydroxyl groups is 1. The summed E-state index contributed by atoms with van der Waals surface area (Å²) in [6, 6.07) is 3.65. The van der Waals surface area contributed by atoms with Gasteiger partial charge >= 0.3 is 6.03 Å². The monoisotopic (exact) mass is 286 g/mol. The zero-order chi connectivity index (χ0) is 13.8. The summed E-state index contributed by atoms with van der Waals surface area (Å²) in [7, 11) is 0. The Hall–Kier alpha value is -1.33. The molecule has 1 unspecified atom stereocenters. The molecule has 4 nitrogen and oxygen atoms in total. The molecule has 6 heteroatoms. The van der Waals surface area contributed by atoms with Crippen LogP contribution in [0.1, 0.15) is 12.8 Å². The van der Waals surface area contributed by atoms with Crippen molar-refractivity contribution in [3.63, 3.8) is 0 Å². The standard InChI is InChI=1S/C13H16ClFN2O2/c14-10-3-4-11(15)12(6-10)16-13(19)17-5-1-2-9(7-17)8-18/h3-4,6,9,18H,1-2,5,7-8H2,(H,16,19). The predicted octanol–water partition coefficient (Wildman–Crippen LogP) is 2.72. The van der Waals surface area contributed by atoms with E-state index in [1.54, 1.807) is 4.90 Å². The quantitative estimate of drug-likeness (QED) is 0.878. The third-order valence-electron chi connectivity index (χ3n) is 3.23. The van der Waals surface area contributed by atoms with Crippen LogP contribution in [-0.2, 0) is 0 Å². The smallest absolute Gasteiger partial charge is 0.321 e. The first kappa shape index (κ1) is 14.1. The van der Waals surface area contributed by atoms with Gasteiger partial charge in [0.2, 0.25) is 0 Å². The van der Waals surface area contributed by atoms with Crippen molar-refractivity contribution in [1.29, 1.82) is 0 Å². The summed E-state index contributed by atoms with van der Waals surface area (Å²) in [6.07, 6.45) is 1.75. The van der Waals surface area contributed by atoms with Gasteiger partial charge in [-0.25, -0.2) is 9.18 Å². The van der Waals surface area contributed by atoms with Crippen LogP contribution in [0.25, 0.3) is 0 Å². The van der Waals surface area contributed by atoms with E-state index in [0.717, 1.165) is 12.8 Å². The van der Waals surface area contributed by atoms with Crippen LogP contribution < -0.4 is 5.32 Å². The molecular formula is C13H16ClFN2O2. The van der Waals surface area contributed by atoms with Gasteiger partial charge in [0.25, 0.3) is 0 Å². The topological polar surface area (TPSA) is 52.6 Å². The summed E-state index contributed by atoms with van der Waals surface area (Å²) >= 11 is 5.77. The SMILES string of the molecule is O=C(Nc1cc(Cl)ccc1F)N1CCCC(CO)C1. The Kier molecular flexibility index (Phi) is 4.61. The van der Waals surface area contributed by atoms with Gasteiger partial charge in [-0.15, -0.1) is 0 Å². The third kappa shape index (κ3) is 3.58. The molecular weight excluding hydrogens is 271 g/mol. The van der Waals surface area contributed by atoms with Crippen molar-refractivity contribution < 1.29 is 14.3 Å². The van der Waals surface area contributed by atoms with Crippen LogP contribution in [0.15, 0.2) is 18.2 Å². The second kappa shape index (κ2) is 6.21. The fourth-order valence-corrected chi connectivity index (χ4v) is 2.36. The fraction of sp³-hybridized carbons (Fsp3) is 0.462. The number of anilines is 1. The number of halogens is 2. The van der Waals surface area contributed by atoms with Crippen LogP contribution >= 0.6 is 11.6 Å². The number of carbonyl (C=O) groups excluding carboxylic acids is 1. The Bertz CT molecular complexity index is 470. The van der Waals surface area contributed by atoms with Crippen molar-refractivity contribution in [2.45, 2.75) is 12.8 Å². The molecule has 0 aliphatic carbocycles. The molecule has 0 saturated carbocycles. The van der Waals surface area contributed by atoms with E-state index in [1.807, 2.05) is 0 Å². The summed E-state index contributed by atoms with van der Waals surface area (Å²) in [5.41, 5.74) is 0.0728. The molecule has 1 aliphatic heterocycles. The number of hydrogen-bond donors (Lipinski definition) is 2. The molecule has 0 spiro atoms. The highest BCUT2D eigenvalue weighted by Crippen LogP contribution is 2.21. The minimum Gasteiger partial charge on any atom is -0.396 e. The molecule has 1 aliphatic rings. The van der Waals surface area contributed by atoms with Crippen LogP contribution in [0.4, 0.5) is 14.9 Å². The van der Waals surface area contributed by atoms with E-state index >= 15 is 0 Å². The van der Waals surface area contributed by atoms with E-state index in [9.17, 15) is 9.18 Å². The number of rotatable bonds is 2. The van der Waals surface area contributed by atoms with E-state index in [4.69, 9.17) is 16.7 Å². The van der Waals surface area contributed by atoms with Crippen molar-refractivity contribution in [3.8, 4) is 0 Å². The number of likely N-dealkylation sites (tertiary alicyclic amines) is 1. The van der Waals surface area contributed by atoms with E-state index < -0.39 is 5.82 Å². The molecule has 1 atom stereocenters. The minimum absolute atomic E-state index is 0.0648. The van der Waals surface area contributed by atoms with E-state index in [0.29, 0.717) is 18.1 Å². The molecule has 1 fully saturated rings. The molecule has 1 saturated heterocycles. The van der Waals surface area contributed by atoms with E-state index in [1.165, 1.54) is 18.2 Å². The third-order valence-corrected chi connectivity index (χ3v) is 3.47. The van der Waals surface area contributed by atoms with Gasteiger partial charge in [-0.05, 0) is 37.0 Å². The lowest BCUT2D eigenvalue weighted by molar-refractivity contribution is 0.136. The zero-order valence-corrected chi connectivity index (χ0v) is 11.2. The molecule has 104 valence electrons. The molecule has 1 heterocycles. The summed E-state index contributed by atoms with van der Waals surface area (Å²) in [5.74, 6) is -0.419. The van der Waals surface area contributed by atoms with Gasteiger partial charge < -0.3 is 15.3 Å². The maximum absolute atomic E-state index is 13.5. The highest BCUT2D eigenvalue weighted by atomic mass is 35.5. The molecule has 2 amide bonds. The maximum Gasteiger partial charge on any atom is 0.321 e. The van der Waals surface area contributed by atoms with Crippen LogP contribution in [0.5, 0.6) is 0 Å². The predicted molar refractivity (Wildman–Crippen MR) is 71.8 cm³/mol. The van der Waals surface area contributed by atoms with Crippen LogP contribution in [0.2, 0.25) is 5.02 Å². The number of nitrogens with one attached hydrogen (secondary N) is 1. The van der Waals surface area contributed by atoms with Crippen LogP contribution in [0.3, 0.4) is 0 Å². The highest BCUT2D eigenvalue weighted by molar-refractivity contribution is 6.30. The molecule has 2 rings (SSSR count). The van der Waals surface area contributed by atoms with Crippen molar-refractivity contribution in [2.75, 3.05) is 25.0 Å². The number of urea groups is 1. The first-order valence-electron chi connectivity index (χ1n) is 6.22. The number of benzene rings is 1. The number of aliphatic hydroxyl groups excluding tert-OH is 1. The molecule has 19 heavy (non-hydrogen) atoms. The van der Waals surface area contributed by atoms with Gasteiger partial charge in [0.1, 0.15) is 5.82 Å². The van der Waals surface area contributed by atoms with Gasteiger partial charge in [0, 0.05) is 24.7 Å². The van der Waals surface area contributed by atoms with Crippen molar-refractivity contribution >= 4 is 23.3 Å². The second-order valence-electron chi connectivity index (χ2n) is 4.69. The summed E-state index contributed by atoms with van der Waals surface area (Å²) in [5, 5.41) is 12.0. The Balaban J connectivity index is 2.02. The van der Waals surface area contributed by atoms with Gasteiger partial charge in [0.05, 0.1) is 5.69 Å². The molecule has 1 aromatic carbocycles. The van der Waals surface area contributed by atoms with Crippen molar-refractivity contribution in [2.24, 2.45) is 5.92 Å². The van der Waals surface area contributed by atoms with Gasteiger partial charge in [0.15, 0.2) is 0 Å². The average molecular weight is 287 g/mol. The largest absolute Gasteiger partial charge is 0.396 e. The number of amides is 2. The van der Waals surface area contributed by atoms with Gasteiger partial charge in [-0.1, -0.05) is 11.6 Å². The highest BCUT2D eigenvalue weighted by Gasteiger charge is 2.23. The summed E-state index contributed by atoms with van der Waals surface area (Å²) < 4.78 is 13.5. The van der Waals surface area contributed by atoms with Crippen LogP contribution in [-0.4, -0.2) is 35.7 Å². The Morgan fingerprint density at radius 1 is 1.58 bits per heavy atom. The molecule has 0 radical (unpaired) electrons. The normalized spacial score (nSPS) is 19.3. The molecule has 0 aromatic heterocycles. The first-order valence-corrected chi connectivity index (χ1v) is 6.60. The zero-order valence-electron chi connectivity index (χ0n) is 10.4. The van der Waals surface area contributed by atoms with Crippen LogP contribution in [0, 0.1) is 11.7 Å². The van der Waals surface area contributed by atoms with Gasteiger partial charge in [-0.2, -0.15) is 0 Å². The average Bonchev–Trinajstić information content (AvgIpc) is 2.43. The maximum atomic E-state index is 13.5. The fourth-order valence-electron chi connectivity index (χ4n) is 2.19. The first-order chi connectivity index (χ1) is 9.10. The Labute approximate surface area is 116 Å². The Morgan fingerprint density at radius 3 is 3.11 bits per heavy atom. The number of carbonyl (C=O) groups is 1. The molecule has 0 bridgehead atoms. The lowest BCUT2D eigenvalue weighted by Gasteiger charge is -2.31. The Morgan fingerprint density at radius 2 is 2.37 bits per heavy atom. The summed E-state index contributed by atoms with van der Waals surface area (Å²) in [4.78, 5) is 13.6. The number of hydrogen-bond acceptors (Lipinski definition) is 2. The molecule has 1 aromatic rings. The number of piperidine rings is 1. The molecule has 2 N–H and O–H groups in total. The lowest BCUT2D eigenvalue weighted by Crippen LogP contribution is -2.43. The second-order valence-corrected chi connectivity index (χ2v) is 5.13.